The van der Waals surface area contributed by atoms with Crippen LogP contribution in [0.25, 0.3) is 0 Å². The Morgan fingerprint density at radius 3 is 3.13 bits per heavy atom. The maximum absolute atomic E-state index is 11.3. The Morgan fingerprint density at radius 1 is 1.73 bits per heavy atom. The molecule has 1 rings (SSSR count). The lowest BCUT2D eigenvalue weighted by atomic mass is 10.4. The zero-order chi connectivity index (χ0) is 11.1. The Morgan fingerprint density at radius 2 is 2.53 bits per heavy atom. The second-order valence-electron chi connectivity index (χ2n) is 3.06. The Labute approximate surface area is 92.3 Å². The minimum Gasteiger partial charge on any atom is -0.375 e. The molecule has 1 heterocycles. The molecule has 0 saturated heterocycles. The van der Waals surface area contributed by atoms with Crippen LogP contribution in [0.15, 0.2) is 17.5 Å². The molecule has 1 aromatic heterocycles. The molecule has 0 fully saturated rings. The predicted molar refractivity (Wildman–Crippen MR) is 57.9 cm³/mol. The molecule has 0 aliphatic carbocycles. The fourth-order valence-electron chi connectivity index (χ4n) is 0.837. The average Bonchev–Trinajstić information content (AvgIpc) is 2.69. The fourth-order valence-corrected chi connectivity index (χ4v) is 1.27. The van der Waals surface area contributed by atoms with E-state index >= 15 is 0 Å². The highest BCUT2D eigenvalue weighted by Crippen LogP contribution is 1.95. The van der Waals surface area contributed by atoms with E-state index < -0.39 is 0 Å². The number of ether oxygens (including phenoxy) is 1. The van der Waals surface area contributed by atoms with Gasteiger partial charge in [0, 0.05) is 11.9 Å². The van der Waals surface area contributed by atoms with Crippen LogP contribution in [0, 0.1) is 0 Å². The Balaban J connectivity index is 2.10. The minimum atomic E-state index is -0.220. The summed E-state index contributed by atoms with van der Waals surface area (Å²) in [7, 11) is 0. The maximum Gasteiger partial charge on any atom is 0.272 e. The van der Waals surface area contributed by atoms with Crippen LogP contribution in [0.3, 0.4) is 0 Å². The first-order valence-corrected chi connectivity index (χ1v) is 5.31. The van der Waals surface area contributed by atoms with Crippen molar-refractivity contribution in [3.8, 4) is 0 Å². The Hall–Kier alpha value is -1.27. The smallest absolute Gasteiger partial charge is 0.272 e. The van der Waals surface area contributed by atoms with Crippen molar-refractivity contribution in [2.75, 3.05) is 19.8 Å². The van der Waals surface area contributed by atoms with Gasteiger partial charge in [-0.15, -0.1) is 5.10 Å². The van der Waals surface area contributed by atoms with Crippen molar-refractivity contribution in [3.05, 3.63) is 23.2 Å². The molecular formula is C9H13N3O2S. The van der Waals surface area contributed by atoms with Crippen LogP contribution in [0.5, 0.6) is 0 Å². The summed E-state index contributed by atoms with van der Waals surface area (Å²) in [6.45, 7) is 7.04. The molecule has 0 aromatic carbocycles. The van der Waals surface area contributed by atoms with Gasteiger partial charge in [-0.05, 0) is 18.5 Å². The minimum absolute atomic E-state index is 0.220. The molecule has 15 heavy (non-hydrogen) atoms. The predicted octanol–water partition coefficient (Wildman–Crippen LogP) is 0.861. The normalized spacial score (nSPS) is 9.93. The summed E-state index contributed by atoms with van der Waals surface area (Å²) < 4.78 is 8.81. The van der Waals surface area contributed by atoms with Crippen molar-refractivity contribution in [1.29, 1.82) is 0 Å². The number of rotatable bonds is 6. The van der Waals surface area contributed by atoms with Crippen LogP contribution < -0.4 is 5.32 Å². The van der Waals surface area contributed by atoms with E-state index in [4.69, 9.17) is 4.74 Å². The quantitative estimate of drug-likeness (QED) is 0.578. The first kappa shape index (κ1) is 11.8. The van der Waals surface area contributed by atoms with E-state index in [1.54, 1.807) is 5.38 Å². The molecule has 0 bridgehead atoms. The number of hydrogen-bond donors (Lipinski definition) is 1. The monoisotopic (exact) mass is 227 g/mol. The van der Waals surface area contributed by atoms with Crippen molar-refractivity contribution in [3.63, 3.8) is 0 Å². The second-order valence-corrected chi connectivity index (χ2v) is 3.67. The highest BCUT2D eigenvalue weighted by Gasteiger charge is 2.06. The molecule has 0 aliphatic rings. The van der Waals surface area contributed by atoms with Crippen LogP contribution in [-0.2, 0) is 4.74 Å². The molecule has 0 saturated carbocycles. The number of nitrogens with one attached hydrogen (secondary N) is 1. The molecule has 1 N–H and O–H groups in total. The summed E-state index contributed by atoms with van der Waals surface area (Å²) in [6.07, 6.45) is 0. The number of hydrogen-bond acceptors (Lipinski definition) is 5. The van der Waals surface area contributed by atoms with Gasteiger partial charge in [0.25, 0.3) is 5.91 Å². The van der Waals surface area contributed by atoms with Gasteiger partial charge < -0.3 is 10.1 Å². The van der Waals surface area contributed by atoms with E-state index in [1.807, 2.05) is 6.92 Å². The fraction of sp³-hybridized carbons (Fsp3) is 0.444. The van der Waals surface area contributed by atoms with E-state index in [0.717, 1.165) is 17.1 Å². The molecule has 0 unspecified atom stereocenters. The van der Waals surface area contributed by atoms with Crippen molar-refractivity contribution < 1.29 is 9.53 Å². The van der Waals surface area contributed by atoms with Gasteiger partial charge in [-0.3, -0.25) is 4.79 Å². The van der Waals surface area contributed by atoms with Gasteiger partial charge in [-0.1, -0.05) is 16.6 Å². The molecule has 82 valence electrons. The number of carbonyl (C=O) groups is 1. The summed E-state index contributed by atoms with van der Waals surface area (Å²) in [5.74, 6) is -0.220. The average molecular weight is 227 g/mol. The lowest BCUT2D eigenvalue weighted by Crippen LogP contribution is -2.27. The molecule has 0 aliphatic heterocycles. The molecule has 0 radical (unpaired) electrons. The van der Waals surface area contributed by atoms with Crippen molar-refractivity contribution in [2.24, 2.45) is 0 Å². The topological polar surface area (TPSA) is 64.1 Å². The molecule has 0 atom stereocenters. The SMILES string of the molecule is C=C(C)COCCNC(=O)c1csnn1. The van der Waals surface area contributed by atoms with Crippen LogP contribution in [0.4, 0.5) is 0 Å². The molecule has 1 amide bonds. The first-order valence-electron chi connectivity index (χ1n) is 4.47. The summed E-state index contributed by atoms with van der Waals surface area (Å²) in [5.41, 5.74) is 1.31. The standard InChI is InChI=1S/C9H13N3O2S/c1-7(2)5-14-4-3-10-9(13)8-6-15-12-11-8/h6H,1,3-5H2,2H3,(H,10,13). The molecular weight excluding hydrogens is 214 g/mol. The maximum atomic E-state index is 11.3. The van der Waals surface area contributed by atoms with E-state index in [-0.39, 0.29) is 5.91 Å². The second kappa shape index (κ2) is 6.26. The van der Waals surface area contributed by atoms with E-state index in [9.17, 15) is 4.79 Å². The van der Waals surface area contributed by atoms with E-state index in [0.29, 0.717) is 25.5 Å². The molecule has 0 spiro atoms. The Kier molecular flexibility index (Phi) is 4.92. The van der Waals surface area contributed by atoms with Crippen LogP contribution in [0.1, 0.15) is 17.4 Å². The molecule has 1 aromatic rings. The van der Waals surface area contributed by atoms with Crippen LogP contribution in [0.2, 0.25) is 0 Å². The van der Waals surface area contributed by atoms with Crippen molar-refractivity contribution >= 4 is 17.4 Å². The van der Waals surface area contributed by atoms with Crippen molar-refractivity contribution in [1.82, 2.24) is 14.9 Å². The summed E-state index contributed by atoms with van der Waals surface area (Å²) >= 11 is 1.15. The van der Waals surface area contributed by atoms with E-state index in [2.05, 4.69) is 21.5 Å². The lowest BCUT2D eigenvalue weighted by Gasteiger charge is -2.04. The number of nitrogens with zero attached hydrogens (tertiary/aromatic N) is 2. The third kappa shape index (κ3) is 4.66. The zero-order valence-electron chi connectivity index (χ0n) is 8.52. The van der Waals surface area contributed by atoms with Crippen LogP contribution in [-0.4, -0.2) is 35.3 Å². The van der Waals surface area contributed by atoms with Gasteiger partial charge in [-0.2, -0.15) is 0 Å². The number of carbonyl (C=O) groups excluding carboxylic acids is 1. The summed E-state index contributed by atoms with van der Waals surface area (Å²) in [5, 5.41) is 7.92. The molecule has 6 heteroatoms. The van der Waals surface area contributed by atoms with Gasteiger partial charge in [0.2, 0.25) is 0 Å². The summed E-state index contributed by atoms with van der Waals surface area (Å²) in [6, 6.07) is 0. The third-order valence-corrected chi connectivity index (χ3v) is 1.98. The van der Waals surface area contributed by atoms with Gasteiger partial charge in [0.1, 0.15) is 0 Å². The zero-order valence-corrected chi connectivity index (χ0v) is 9.34. The highest BCUT2D eigenvalue weighted by molar-refractivity contribution is 7.03. The summed E-state index contributed by atoms with van der Waals surface area (Å²) in [4.78, 5) is 11.3. The van der Waals surface area contributed by atoms with Gasteiger partial charge in [0.15, 0.2) is 5.69 Å². The third-order valence-electron chi connectivity index (χ3n) is 1.47. The Bertz CT molecular complexity index is 324. The van der Waals surface area contributed by atoms with Crippen LogP contribution >= 0.6 is 11.5 Å². The molecule has 5 nitrogen and oxygen atoms in total. The highest BCUT2D eigenvalue weighted by atomic mass is 32.1. The first-order chi connectivity index (χ1) is 7.20. The van der Waals surface area contributed by atoms with Crippen molar-refractivity contribution in [2.45, 2.75) is 6.92 Å². The number of amides is 1. The van der Waals surface area contributed by atoms with E-state index in [1.165, 1.54) is 0 Å². The van der Waals surface area contributed by atoms with Gasteiger partial charge in [0.05, 0.1) is 13.2 Å². The van der Waals surface area contributed by atoms with Gasteiger partial charge >= 0.3 is 0 Å². The largest absolute Gasteiger partial charge is 0.375 e. The lowest BCUT2D eigenvalue weighted by molar-refractivity contribution is 0.0922. The number of aromatic nitrogens is 2. The van der Waals surface area contributed by atoms with Gasteiger partial charge in [-0.25, -0.2) is 0 Å².